The van der Waals surface area contributed by atoms with Gasteiger partial charge in [0.05, 0.1) is 32.8 Å². The smallest absolute Gasteiger partial charge is 0.183 e. The van der Waals surface area contributed by atoms with Crippen molar-refractivity contribution in [2.45, 2.75) is 78.6 Å². The Bertz CT molecular complexity index is 195. The molecule has 0 spiro atoms. The molecule has 0 saturated heterocycles. The molecule has 0 heterocycles. The van der Waals surface area contributed by atoms with Crippen LogP contribution in [0.15, 0.2) is 0 Å². The summed E-state index contributed by atoms with van der Waals surface area (Å²) in [5.74, 6) is 0. The van der Waals surface area contributed by atoms with Crippen LogP contribution in [0, 0.1) is 0 Å². The summed E-state index contributed by atoms with van der Waals surface area (Å²) < 4.78 is 12.3. The molecule has 0 amide bonds. The highest BCUT2D eigenvalue weighted by atomic mass is 16.5. The second-order valence-corrected chi connectivity index (χ2v) is 6.66. The molecule has 0 unspecified atom stereocenters. The summed E-state index contributed by atoms with van der Waals surface area (Å²) in [6, 6.07) is 0. The number of unbranched alkanes of at least 4 members (excludes halogenated alkanes) is 6. The van der Waals surface area contributed by atoms with Gasteiger partial charge in [-0.1, -0.05) is 40.0 Å². The number of hydrogen-bond acceptors (Lipinski definition) is 2. The van der Waals surface area contributed by atoms with E-state index in [1.165, 1.54) is 81.9 Å². The third-order valence-electron chi connectivity index (χ3n) is 4.50. The van der Waals surface area contributed by atoms with Crippen molar-refractivity contribution in [1.82, 2.24) is 0 Å². The first-order valence-corrected chi connectivity index (χ1v) is 9.66. The Balaban J connectivity index is 4.53. The van der Waals surface area contributed by atoms with E-state index >= 15 is 0 Å². The Morgan fingerprint density at radius 3 is 1.45 bits per heavy atom. The topological polar surface area (TPSA) is 18.5 Å². The van der Waals surface area contributed by atoms with Crippen molar-refractivity contribution in [2.24, 2.45) is 0 Å². The fraction of sp³-hybridized carbons (Fsp3) is 1.00. The maximum Gasteiger partial charge on any atom is 0.183 e. The third kappa shape index (κ3) is 11.4. The summed E-state index contributed by atoms with van der Waals surface area (Å²) in [4.78, 5) is 0. The molecule has 0 N–H and O–H groups in total. The summed E-state index contributed by atoms with van der Waals surface area (Å²) in [5, 5.41) is 0. The van der Waals surface area contributed by atoms with E-state index in [2.05, 4.69) is 20.8 Å². The lowest BCUT2D eigenvalue weighted by molar-refractivity contribution is -0.946. The quantitative estimate of drug-likeness (QED) is 0.214. The van der Waals surface area contributed by atoms with Crippen LogP contribution in [0.2, 0.25) is 0 Å². The maximum absolute atomic E-state index is 5.98. The standard InChI is InChI=1S/C19H42NO2/c1-5-8-11-14-20(15-12-9-6-2,16-13-10-7-3)19-22-18-17-21-4/h5-19H2,1-4H3/q+1. The van der Waals surface area contributed by atoms with Gasteiger partial charge in [0.25, 0.3) is 0 Å². The maximum atomic E-state index is 5.98. The Morgan fingerprint density at radius 1 is 0.636 bits per heavy atom. The Labute approximate surface area is 140 Å². The van der Waals surface area contributed by atoms with E-state index in [-0.39, 0.29) is 0 Å². The van der Waals surface area contributed by atoms with Gasteiger partial charge in [-0.05, 0) is 38.5 Å². The molecule has 0 radical (unpaired) electrons. The predicted molar refractivity (Wildman–Crippen MR) is 96.1 cm³/mol. The van der Waals surface area contributed by atoms with Crippen LogP contribution in [0.4, 0.5) is 0 Å². The molecule has 0 aliphatic carbocycles. The number of hydrogen-bond donors (Lipinski definition) is 0. The lowest BCUT2D eigenvalue weighted by Crippen LogP contribution is -2.51. The first-order valence-electron chi connectivity index (χ1n) is 9.66. The molecule has 0 aliphatic rings. The number of ether oxygens (including phenoxy) is 2. The fourth-order valence-corrected chi connectivity index (χ4v) is 3.02. The average molecular weight is 317 g/mol. The molecular weight excluding hydrogens is 274 g/mol. The molecule has 0 aromatic heterocycles. The van der Waals surface area contributed by atoms with Crippen molar-refractivity contribution >= 4 is 0 Å². The Hall–Kier alpha value is -0.120. The zero-order valence-electron chi connectivity index (χ0n) is 15.9. The molecule has 22 heavy (non-hydrogen) atoms. The van der Waals surface area contributed by atoms with E-state index in [9.17, 15) is 0 Å². The molecule has 134 valence electrons. The van der Waals surface area contributed by atoms with E-state index in [0.717, 1.165) is 13.3 Å². The molecule has 3 nitrogen and oxygen atoms in total. The molecule has 0 aliphatic heterocycles. The SMILES string of the molecule is CCCCC[N+](CCCCC)(CCCCC)COCCOC. The van der Waals surface area contributed by atoms with Crippen molar-refractivity contribution in [3.8, 4) is 0 Å². The van der Waals surface area contributed by atoms with Crippen molar-refractivity contribution in [1.29, 1.82) is 0 Å². The number of rotatable bonds is 17. The fourth-order valence-electron chi connectivity index (χ4n) is 3.02. The summed E-state index contributed by atoms with van der Waals surface area (Å²) in [6.45, 7) is 13.0. The lowest BCUT2D eigenvalue weighted by atomic mass is 10.1. The molecule has 0 bridgehead atoms. The van der Waals surface area contributed by atoms with Crippen molar-refractivity contribution in [3.63, 3.8) is 0 Å². The molecular formula is C19H42NO2+. The summed E-state index contributed by atoms with van der Waals surface area (Å²) in [7, 11) is 1.75. The van der Waals surface area contributed by atoms with E-state index in [1.807, 2.05) is 0 Å². The Kier molecular flexibility index (Phi) is 15.7. The van der Waals surface area contributed by atoms with Crippen molar-refractivity contribution in [2.75, 3.05) is 46.7 Å². The first kappa shape index (κ1) is 21.9. The molecule has 0 aromatic carbocycles. The third-order valence-corrected chi connectivity index (χ3v) is 4.50. The largest absolute Gasteiger partial charge is 0.382 e. The predicted octanol–water partition coefficient (Wildman–Crippen LogP) is 4.99. The van der Waals surface area contributed by atoms with Gasteiger partial charge >= 0.3 is 0 Å². The van der Waals surface area contributed by atoms with Gasteiger partial charge in [-0.2, -0.15) is 0 Å². The van der Waals surface area contributed by atoms with Crippen molar-refractivity contribution in [3.05, 3.63) is 0 Å². The second-order valence-electron chi connectivity index (χ2n) is 6.66. The van der Waals surface area contributed by atoms with E-state index in [0.29, 0.717) is 6.61 Å². The average Bonchev–Trinajstić information content (AvgIpc) is 2.52. The minimum Gasteiger partial charge on any atom is -0.382 e. The Morgan fingerprint density at radius 2 is 1.09 bits per heavy atom. The van der Waals surface area contributed by atoms with Crippen molar-refractivity contribution < 1.29 is 14.0 Å². The minimum atomic E-state index is 0.707. The lowest BCUT2D eigenvalue weighted by Gasteiger charge is -2.38. The van der Waals surface area contributed by atoms with E-state index < -0.39 is 0 Å². The molecule has 0 saturated carbocycles. The van der Waals surface area contributed by atoms with Crippen LogP contribution in [0.25, 0.3) is 0 Å². The number of nitrogens with zero attached hydrogens (tertiary/aromatic N) is 1. The van der Waals surface area contributed by atoms with Gasteiger partial charge in [0, 0.05) is 7.11 Å². The van der Waals surface area contributed by atoms with Crippen LogP contribution in [-0.4, -0.2) is 51.2 Å². The zero-order valence-corrected chi connectivity index (χ0v) is 15.9. The normalized spacial score (nSPS) is 12.0. The van der Waals surface area contributed by atoms with Crippen LogP contribution in [0.1, 0.15) is 78.6 Å². The molecule has 0 rings (SSSR count). The molecule has 0 atom stereocenters. The summed E-state index contributed by atoms with van der Waals surface area (Å²) >= 11 is 0. The minimum absolute atomic E-state index is 0.707. The van der Waals surface area contributed by atoms with Gasteiger partial charge in [0.1, 0.15) is 0 Å². The number of quaternary nitrogens is 1. The van der Waals surface area contributed by atoms with Gasteiger partial charge in [0.15, 0.2) is 6.73 Å². The van der Waals surface area contributed by atoms with Crippen LogP contribution < -0.4 is 0 Å². The van der Waals surface area contributed by atoms with Crippen LogP contribution >= 0.6 is 0 Å². The van der Waals surface area contributed by atoms with Gasteiger partial charge in [-0.15, -0.1) is 0 Å². The van der Waals surface area contributed by atoms with E-state index in [1.54, 1.807) is 7.11 Å². The van der Waals surface area contributed by atoms with Crippen LogP contribution in [0.3, 0.4) is 0 Å². The highest BCUT2D eigenvalue weighted by Crippen LogP contribution is 2.16. The molecule has 0 aromatic rings. The summed E-state index contributed by atoms with van der Waals surface area (Å²) in [6.07, 6.45) is 11.9. The number of methoxy groups -OCH3 is 1. The van der Waals surface area contributed by atoms with Gasteiger partial charge in [-0.3, -0.25) is 0 Å². The highest BCUT2D eigenvalue weighted by molar-refractivity contribution is 4.48. The first-order chi connectivity index (χ1) is 10.7. The monoisotopic (exact) mass is 316 g/mol. The molecule has 0 fully saturated rings. The van der Waals surface area contributed by atoms with E-state index in [4.69, 9.17) is 9.47 Å². The summed E-state index contributed by atoms with van der Waals surface area (Å²) in [5.41, 5.74) is 0. The highest BCUT2D eigenvalue weighted by Gasteiger charge is 2.26. The zero-order chi connectivity index (χ0) is 16.5. The molecule has 3 heteroatoms. The van der Waals surface area contributed by atoms with Crippen LogP contribution in [-0.2, 0) is 9.47 Å². The van der Waals surface area contributed by atoms with Crippen LogP contribution in [0.5, 0.6) is 0 Å². The second kappa shape index (κ2) is 15.8. The van der Waals surface area contributed by atoms with Gasteiger partial charge < -0.3 is 14.0 Å². The van der Waals surface area contributed by atoms with Gasteiger partial charge in [0.2, 0.25) is 0 Å². The van der Waals surface area contributed by atoms with Gasteiger partial charge in [-0.25, -0.2) is 0 Å².